The van der Waals surface area contributed by atoms with E-state index in [1.54, 1.807) is 36.4 Å². The maximum absolute atomic E-state index is 13.5. The molecule has 0 aliphatic carbocycles. The molecule has 38 heavy (non-hydrogen) atoms. The first-order valence-electron chi connectivity index (χ1n) is 12.2. The summed E-state index contributed by atoms with van der Waals surface area (Å²) in [6.45, 7) is 0.191. The summed E-state index contributed by atoms with van der Waals surface area (Å²) in [4.78, 5) is 43.6. The van der Waals surface area contributed by atoms with Crippen LogP contribution in [0.25, 0.3) is 22.2 Å². The fourth-order valence-electron chi connectivity index (χ4n) is 3.94. The summed E-state index contributed by atoms with van der Waals surface area (Å²) in [7, 11) is 0. The predicted molar refractivity (Wildman–Crippen MR) is 142 cm³/mol. The van der Waals surface area contributed by atoms with Gasteiger partial charge in [0.1, 0.15) is 11.9 Å². The molecule has 196 valence electrons. The number of aromatic nitrogens is 2. The Morgan fingerprint density at radius 1 is 0.947 bits per heavy atom. The highest BCUT2D eigenvalue weighted by Crippen LogP contribution is 2.21. The second kappa shape index (κ2) is 12.5. The van der Waals surface area contributed by atoms with Crippen LogP contribution in [0.1, 0.15) is 18.4 Å². The number of carbonyl (C=O) groups excluding carboxylic acids is 2. The lowest BCUT2D eigenvalue weighted by Crippen LogP contribution is -2.46. The number of rotatable bonds is 12. The van der Waals surface area contributed by atoms with Crippen molar-refractivity contribution in [1.82, 2.24) is 20.6 Å². The monoisotopic (exact) mass is 517 g/mol. The van der Waals surface area contributed by atoms with Crippen LogP contribution in [0, 0.1) is 5.82 Å². The van der Waals surface area contributed by atoms with E-state index in [0.717, 1.165) is 16.6 Å². The van der Waals surface area contributed by atoms with Crippen LogP contribution in [-0.4, -0.2) is 52.0 Å². The zero-order valence-corrected chi connectivity index (χ0v) is 20.5. The van der Waals surface area contributed by atoms with Crippen molar-refractivity contribution in [3.05, 3.63) is 84.2 Å². The Kier molecular flexibility index (Phi) is 8.65. The minimum absolute atomic E-state index is 0.0614. The van der Waals surface area contributed by atoms with Gasteiger partial charge in [0.25, 0.3) is 0 Å². The van der Waals surface area contributed by atoms with Crippen molar-refractivity contribution in [3.8, 4) is 11.1 Å². The summed E-state index contributed by atoms with van der Waals surface area (Å²) in [6.07, 6.45) is 0.778. The van der Waals surface area contributed by atoms with Gasteiger partial charge in [-0.25, -0.2) is 14.2 Å². The van der Waals surface area contributed by atoms with Crippen LogP contribution >= 0.6 is 0 Å². The smallest absolute Gasteiger partial charge is 0.326 e. The second-order valence-corrected chi connectivity index (χ2v) is 8.78. The van der Waals surface area contributed by atoms with Crippen molar-refractivity contribution in [2.24, 2.45) is 0 Å². The normalized spacial score (nSPS) is 11.6. The van der Waals surface area contributed by atoms with Crippen LogP contribution in [0.4, 0.5) is 10.3 Å². The van der Waals surface area contributed by atoms with Crippen LogP contribution in [0.5, 0.6) is 0 Å². The summed E-state index contributed by atoms with van der Waals surface area (Å²) in [5.41, 5.74) is 3.96. The Morgan fingerprint density at radius 3 is 2.47 bits per heavy atom. The largest absolute Gasteiger partial charge is 0.480 e. The quantitative estimate of drug-likeness (QED) is 0.183. The summed E-state index contributed by atoms with van der Waals surface area (Å²) >= 11 is 0. The molecule has 4 aromatic rings. The van der Waals surface area contributed by atoms with Crippen molar-refractivity contribution in [2.45, 2.75) is 25.3 Å². The van der Waals surface area contributed by atoms with E-state index in [2.05, 4.69) is 25.9 Å². The number of hydrogen-bond acceptors (Lipinski definition) is 5. The number of amides is 2. The number of nitrogens with one attached hydrogen (secondary N) is 4. The summed E-state index contributed by atoms with van der Waals surface area (Å²) in [5, 5.41) is 17.6. The van der Waals surface area contributed by atoms with Gasteiger partial charge in [0, 0.05) is 19.4 Å². The molecule has 1 aromatic heterocycles. The molecule has 2 amide bonds. The van der Waals surface area contributed by atoms with E-state index in [9.17, 15) is 23.9 Å². The lowest BCUT2D eigenvalue weighted by atomic mass is 10.0. The van der Waals surface area contributed by atoms with E-state index >= 15 is 0 Å². The van der Waals surface area contributed by atoms with Gasteiger partial charge in [0.15, 0.2) is 0 Å². The third-order valence-corrected chi connectivity index (χ3v) is 5.89. The molecule has 1 unspecified atom stereocenters. The number of H-pyrrole nitrogens is 1. The predicted octanol–water partition coefficient (Wildman–Crippen LogP) is 3.49. The Hall–Kier alpha value is -4.73. The van der Waals surface area contributed by atoms with Crippen molar-refractivity contribution in [2.75, 3.05) is 18.4 Å². The molecule has 0 spiro atoms. The van der Waals surface area contributed by atoms with Gasteiger partial charge in [-0.15, -0.1) is 0 Å². The van der Waals surface area contributed by atoms with Crippen LogP contribution in [0.3, 0.4) is 0 Å². The molecule has 0 radical (unpaired) electrons. The number of aliphatic carboxylic acids is 1. The second-order valence-electron chi connectivity index (χ2n) is 8.78. The molecule has 0 aliphatic rings. The number of fused-ring (bicyclic) bond motifs is 1. The number of aromatic amines is 1. The van der Waals surface area contributed by atoms with Gasteiger partial charge in [-0.1, -0.05) is 48.5 Å². The van der Waals surface area contributed by atoms with Gasteiger partial charge in [-0.3, -0.25) is 9.59 Å². The Bertz CT molecular complexity index is 1390. The number of carboxylic acid groups (broad SMARTS) is 1. The molecule has 1 atom stereocenters. The Balaban J connectivity index is 1.18. The number of halogens is 1. The molecule has 9 nitrogen and oxygen atoms in total. The standard InChI is InChI=1S/C28H28FN5O4/c29-21-6-3-5-20(16-21)19-12-10-18(11-13-19)15-24(27(37)38)32-26(36)17-31-25(35)9-4-14-30-28-33-22-7-1-2-8-23(22)34-28/h1-3,5-8,10-13,16,24H,4,9,14-15,17H2,(H,31,35)(H,32,36)(H,37,38)(H2,30,33,34). The summed E-state index contributed by atoms with van der Waals surface area (Å²) in [6, 6.07) is 19.7. The SMILES string of the molecule is O=C(CCCNc1nc2ccccc2[nH]1)NCC(=O)NC(Cc1ccc(-c2cccc(F)c2)cc1)C(=O)O. The minimum Gasteiger partial charge on any atom is -0.480 e. The molecule has 0 saturated carbocycles. The first kappa shape index (κ1) is 26.3. The van der Waals surface area contributed by atoms with E-state index in [1.807, 2.05) is 24.3 Å². The number of imidazole rings is 1. The molecular formula is C28H28FN5O4. The van der Waals surface area contributed by atoms with Gasteiger partial charge >= 0.3 is 5.97 Å². The fourth-order valence-corrected chi connectivity index (χ4v) is 3.94. The molecule has 1 heterocycles. The first-order valence-corrected chi connectivity index (χ1v) is 12.2. The first-order chi connectivity index (χ1) is 18.4. The topological polar surface area (TPSA) is 136 Å². The number of para-hydroxylation sites is 2. The third kappa shape index (κ3) is 7.39. The van der Waals surface area contributed by atoms with Gasteiger partial charge in [-0.05, 0) is 47.4 Å². The zero-order valence-electron chi connectivity index (χ0n) is 20.5. The van der Waals surface area contributed by atoms with E-state index < -0.39 is 17.9 Å². The molecule has 3 aromatic carbocycles. The Morgan fingerprint density at radius 2 is 1.74 bits per heavy atom. The van der Waals surface area contributed by atoms with Crippen LogP contribution in [-0.2, 0) is 20.8 Å². The molecule has 4 rings (SSSR count). The van der Waals surface area contributed by atoms with E-state index in [4.69, 9.17) is 0 Å². The highest BCUT2D eigenvalue weighted by atomic mass is 19.1. The number of carboxylic acids is 1. The summed E-state index contributed by atoms with van der Waals surface area (Å²) in [5.74, 6) is -1.81. The zero-order chi connectivity index (χ0) is 26.9. The molecular weight excluding hydrogens is 489 g/mol. The highest BCUT2D eigenvalue weighted by molar-refractivity contribution is 5.88. The number of hydrogen-bond donors (Lipinski definition) is 5. The fraction of sp³-hybridized carbons (Fsp3) is 0.214. The van der Waals surface area contributed by atoms with Crippen molar-refractivity contribution < 1.29 is 23.9 Å². The number of nitrogens with zero attached hydrogens (tertiary/aromatic N) is 1. The molecule has 10 heteroatoms. The molecule has 0 bridgehead atoms. The average Bonchev–Trinajstić information content (AvgIpc) is 3.33. The lowest BCUT2D eigenvalue weighted by molar-refractivity contribution is -0.141. The van der Waals surface area contributed by atoms with Crippen molar-refractivity contribution >= 4 is 34.8 Å². The van der Waals surface area contributed by atoms with E-state index in [0.29, 0.717) is 30.0 Å². The van der Waals surface area contributed by atoms with Gasteiger partial charge < -0.3 is 26.0 Å². The molecule has 5 N–H and O–H groups in total. The van der Waals surface area contributed by atoms with Crippen LogP contribution in [0.15, 0.2) is 72.8 Å². The summed E-state index contributed by atoms with van der Waals surface area (Å²) < 4.78 is 13.5. The minimum atomic E-state index is -1.18. The number of anilines is 1. The van der Waals surface area contributed by atoms with Gasteiger partial charge in [-0.2, -0.15) is 0 Å². The number of benzene rings is 3. The molecule has 0 aliphatic heterocycles. The van der Waals surface area contributed by atoms with Gasteiger partial charge in [0.2, 0.25) is 17.8 Å². The number of carbonyl (C=O) groups is 3. The highest BCUT2D eigenvalue weighted by Gasteiger charge is 2.20. The average molecular weight is 518 g/mol. The Labute approximate surface area is 218 Å². The maximum Gasteiger partial charge on any atom is 0.326 e. The van der Waals surface area contributed by atoms with E-state index in [1.165, 1.54) is 12.1 Å². The third-order valence-electron chi connectivity index (χ3n) is 5.89. The van der Waals surface area contributed by atoms with Crippen molar-refractivity contribution in [3.63, 3.8) is 0 Å². The van der Waals surface area contributed by atoms with Crippen molar-refractivity contribution in [1.29, 1.82) is 0 Å². The molecule has 0 saturated heterocycles. The molecule has 0 fully saturated rings. The van der Waals surface area contributed by atoms with Gasteiger partial charge in [0.05, 0.1) is 17.6 Å². The van der Waals surface area contributed by atoms with Crippen LogP contribution < -0.4 is 16.0 Å². The van der Waals surface area contributed by atoms with E-state index in [-0.39, 0.29) is 31.1 Å². The van der Waals surface area contributed by atoms with Crippen LogP contribution in [0.2, 0.25) is 0 Å². The lowest BCUT2D eigenvalue weighted by Gasteiger charge is -2.15. The maximum atomic E-state index is 13.5.